The third-order valence-corrected chi connectivity index (χ3v) is 5.49. The monoisotopic (exact) mass is 483 g/mol. The molecule has 2 unspecified atom stereocenters. The Hall–Kier alpha value is -2.99. The highest BCUT2D eigenvalue weighted by Gasteiger charge is 2.22. The molecule has 0 aliphatic heterocycles. The average Bonchev–Trinajstić information content (AvgIpc) is 2.78. The molecule has 1 amide bonds. The number of hydrogen-bond donors (Lipinski definition) is 4. The number of pyridine rings is 1. The summed E-state index contributed by atoms with van der Waals surface area (Å²) in [7, 11) is 0. The molecule has 0 bridgehead atoms. The average molecular weight is 484 g/mol. The van der Waals surface area contributed by atoms with Gasteiger partial charge in [-0.05, 0) is 37.7 Å². The Bertz CT molecular complexity index is 849. The van der Waals surface area contributed by atoms with E-state index in [1.54, 1.807) is 19.1 Å². The van der Waals surface area contributed by atoms with Gasteiger partial charge in [-0.25, -0.2) is 4.79 Å². The number of nitrogens with two attached hydrogens (primary N) is 1. The Balaban J connectivity index is 2.62. The maximum absolute atomic E-state index is 12.4. The van der Waals surface area contributed by atoms with Crippen LogP contribution in [0.4, 0.5) is 0 Å². The number of hydrogen-bond acceptors (Lipinski definition) is 9. The van der Waals surface area contributed by atoms with Gasteiger partial charge < -0.3 is 26.0 Å². The Morgan fingerprint density at radius 2 is 1.91 bits per heavy atom. The second-order valence-electron chi connectivity index (χ2n) is 7.04. The Morgan fingerprint density at radius 3 is 2.55 bits per heavy atom. The minimum Gasteiger partial charge on any atom is -0.481 e. The van der Waals surface area contributed by atoms with Crippen LogP contribution in [0.3, 0.4) is 0 Å². The number of carboxylic acids is 2. The minimum atomic E-state index is -1.23. The van der Waals surface area contributed by atoms with Crippen molar-refractivity contribution in [2.24, 2.45) is 5.73 Å². The second-order valence-corrected chi connectivity index (χ2v) is 8.19. The summed E-state index contributed by atoms with van der Waals surface area (Å²) in [5.74, 6) is -3.03. The molecule has 2 atom stereocenters. The van der Waals surface area contributed by atoms with Gasteiger partial charge in [-0.15, -0.1) is 0 Å². The zero-order valence-electron chi connectivity index (χ0n) is 18.3. The van der Waals surface area contributed by atoms with Crippen LogP contribution < -0.4 is 11.1 Å². The van der Waals surface area contributed by atoms with Crippen molar-refractivity contribution in [3.05, 3.63) is 29.6 Å². The molecule has 182 valence electrons. The fraction of sp³-hybridized carbons (Fsp3) is 0.524. The first-order chi connectivity index (χ1) is 15.6. The predicted molar refractivity (Wildman–Crippen MR) is 120 cm³/mol. The van der Waals surface area contributed by atoms with Gasteiger partial charge in [0.15, 0.2) is 5.78 Å². The van der Waals surface area contributed by atoms with E-state index in [1.807, 2.05) is 0 Å². The first kappa shape index (κ1) is 28.0. The SMILES string of the molecule is CCOC(=O)c1ccnc(CCSCC(NC(=O)CCC(N)C(=O)O)C(=O)CCC(=O)O)c1. The van der Waals surface area contributed by atoms with Crippen molar-refractivity contribution in [2.45, 2.75) is 51.1 Å². The van der Waals surface area contributed by atoms with E-state index in [-0.39, 0.29) is 38.0 Å². The molecule has 1 rings (SSSR count). The fourth-order valence-corrected chi connectivity index (χ4v) is 3.66. The number of carbonyl (C=O) groups excluding carboxylic acids is 3. The predicted octanol–water partition coefficient (Wildman–Crippen LogP) is 0.645. The van der Waals surface area contributed by atoms with E-state index in [4.69, 9.17) is 20.7 Å². The number of esters is 1. The smallest absolute Gasteiger partial charge is 0.338 e. The summed E-state index contributed by atoms with van der Waals surface area (Å²) in [5.41, 5.74) is 6.44. The van der Waals surface area contributed by atoms with Gasteiger partial charge in [0.05, 0.1) is 24.6 Å². The summed E-state index contributed by atoms with van der Waals surface area (Å²) in [5, 5.41) is 20.1. The van der Waals surface area contributed by atoms with Crippen LogP contribution in [0, 0.1) is 0 Å². The molecule has 0 radical (unpaired) electrons. The lowest BCUT2D eigenvalue weighted by Crippen LogP contribution is -2.43. The van der Waals surface area contributed by atoms with E-state index >= 15 is 0 Å². The van der Waals surface area contributed by atoms with Gasteiger partial charge in [-0.1, -0.05) is 0 Å². The zero-order chi connectivity index (χ0) is 24.8. The van der Waals surface area contributed by atoms with Crippen LogP contribution in [0.1, 0.15) is 48.7 Å². The minimum absolute atomic E-state index is 0.0905. The number of nitrogens with zero attached hydrogens (tertiary/aromatic N) is 1. The van der Waals surface area contributed by atoms with Crippen molar-refractivity contribution in [1.29, 1.82) is 0 Å². The molecule has 0 spiro atoms. The van der Waals surface area contributed by atoms with Crippen LogP contribution in [0.5, 0.6) is 0 Å². The van der Waals surface area contributed by atoms with Crippen LogP contribution in [-0.2, 0) is 30.3 Å². The number of amides is 1. The van der Waals surface area contributed by atoms with E-state index < -0.39 is 41.7 Å². The number of thioether (sulfide) groups is 1. The molecule has 12 heteroatoms. The number of aryl methyl sites for hydroxylation is 1. The lowest BCUT2D eigenvalue weighted by molar-refractivity contribution is -0.139. The lowest BCUT2D eigenvalue weighted by Gasteiger charge is -2.18. The topological polar surface area (TPSA) is 186 Å². The molecular weight excluding hydrogens is 454 g/mol. The standard InChI is InChI=1S/C21H29N3O8S/c1-2-32-21(31)13-7-9-23-14(11-13)8-10-33-12-16(17(25)4-6-19(27)28)24-18(26)5-3-15(22)20(29)30/h7,9,11,15-16H,2-6,8,10,12,22H2,1H3,(H,24,26)(H,27,28)(H,29,30). The first-order valence-electron chi connectivity index (χ1n) is 10.4. The Labute approximate surface area is 195 Å². The summed E-state index contributed by atoms with van der Waals surface area (Å²) in [6, 6.07) is 1.07. The fourth-order valence-electron chi connectivity index (χ4n) is 2.63. The number of carbonyl (C=O) groups is 5. The number of rotatable bonds is 16. The maximum atomic E-state index is 12.4. The molecule has 0 fully saturated rings. The molecule has 5 N–H and O–H groups in total. The Morgan fingerprint density at radius 1 is 1.18 bits per heavy atom. The molecular formula is C21H29N3O8S. The van der Waals surface area contributed by atoms with Crippen molar-refractivity contribution in [3.63, 3.8) is 0 Å². The normalized spacial score (nSPS) is 12.4. The van der Waals surface area contributed by atoms with Crippen molar-refractivity contribution in [3.8, 4) is 0 Å². The first-order valence-corrected chi connectivity index (χ1v) is 11.5. The number of Topliss-reactive ketones (excluding diaryl/α,β-unsaturated/α-hetero) is 1. The maximum Gasteiger partial charge on any atom is 0.338 e. The number of ketones is 1. The summed E-state index contributed by atoms with van der Waals surface area (Å²) < 4.78 is 4.96. The van der Waals surface area contributed by atoms with Crippen molar-refractivity contribution >= 4 is 41.4 Å². The lowest BCUT2D eigenvalue weighted by atomic mass is 10.1. The van der Waals surface area contributed by atoms with E-state index in [2.05, 4.69) is 10.3 Å². The van der Waals surface area contributed by atoms with Crippen LogP contribution in [-0.4, -0.2) is 75.0 Å². The van der Waals surface area contributed by atoms with E-state index in [1.165, 1.54) is 18.0 Å². The van der Waals surface area contributed by atoms with Crippen LogP contribution in [0.15, 0.2) is 18.3 Å². The Kier molecular flexibility index (Phi) is 12.7. The van der Waals surface area contributed by atoms with Gasteiger partial charge in [0, 0.05) is 30.5 Å². The largest absolute Gasteiger partial charge is 0.481 e. The summed E-state index contributed by atoms with van der Waals surface area (Å²) in [4.78, 5) is 62.1. The molecule has 11 nitrogen and oxygen atoms in total. The quantitative estimate of drug-likeness (QED) is 0.191. The molecule has 0 aromatic carbocycles. The number of ether oxygens (including phenoxy) is 1. The summed E-state index contributed by atoms with van der Waals surface area (Å²) in [6.07, 6.45) is 1.14. The molecule has 0 saturated heterocycles. The van der Waals surface area contributed by atoms with Crippen molar-refractivity contribution in [1.82, 2.24) is 10.3 Å². The van der Waals surface area contributed by atoms with Crippen LogP contribution in [0.25, 0.3) is 0 Å². The van der Waals surface area contributed by atoms with Gasteiger partial charge in [0.2, 0.25) is 5.91 Å². The number of aliphatic carboxylic acids is 2. The highest BCUT2D eigenvalue weighted by atomic mass is 32.2. The van der Waals surface area contributed by atoms with E-state index in [0.717, 1.165) is 0 Å². The molecule has 0 aliphatic carbocycles. The number of aromatic nitrogens is 1. The molecule has 1 aromatic rings. The number of nitrogens with one attached hydrogen (secondary N) is 1. The molecule has 1 heterocycles. The molecule has 0 saturated carbocycles. The van der Waals surface area contributed by atoms with Gasteiger partial charge in [-0.3, -0.25) is 24.2 Å². The second kappa shape index (κ2) is 15.0. The number of carboxylic acid groups (broad SMARTS) is 2. The van der Waals surface area contributed by atoms with Crippen molar-refractivity contribution in [2.75, 3.05) is 18.1 Å². The van der Waals surface area contributed by atoms with Gasteiger partial charge in [-0.2, -0.15) is 11.8 Å². The third-order valence-electron chi connectivity index (χ3n) is 4.42. The molecule has 33 heavy (non-hydrogen) atoms. The van der Waals surface area contributed by atoms with E-state index in [9.17, 15) is 24.0 Å². The highest BCUT2D eigenvalue weighted by Crippen LogP contribution is 2.12. The van der Waals surface area contributed by atoms with Crippen molar-refractivity contribution < 1.29 is 38.9 Å². The van der Waals surface area contributed by atoms with E-state index in [0.29, 0.717) is 23.4 Å². The molecule has 0 aliphatic rings. The zero-order valence-corrected chi connectivity index (χ0v) is 19.1. The summed E-state index contributed by atoms with van der Waals surface area (Å²) >= 11 is 1.36. The van der Waals surface area contributed by atoms with Crippen LogP contribution >= 0.6 is 11.8 Å². The van der Waals surface area contributed by atoms with Crippen LogP contribution in [0.2, 0.25) is 0 Å². The summed E-state index contributed by atoms with van der Waals surface area (Å²) in [6.45, 7) is 1.97. The molecule has 1 aromatic heterocycles. The highest BCUT2D eigenvalue weighted by molar-refractivity contribution is 7.99. The third kappa shape index (κ3) is 11.4. The van der Waals surface area contributed by atoms with Gasteiger partial charge in [0.1, 0.15) is 6.04 Å². The van der Waals surface area contributed by atoms with Gasteiger partial charge in [0.25, 0.3) is 0 Å². The van der Waals surface area contributed by atoms with Gasteiger partial charge >= 0.3 is 17.9 Å².